The zero-order chi connectivity index (χ0) is 26.5. The number of nitro groups is 1. The van der Waals surface area contributed by atoms with E-state index in [1.165, 1.54) is 6.07 Å². The topological polar surface area (TPSA) is 69.7 Å². The van der Waals surface area contributed by atoms with E-state index in [1.807, 2.05) is 68.6 Å². The first-order valence-corrected chi connectivity index (χ1v) is 12.4. The molecule has 0 aliphatic rings. The molecule has 1 aromatic heterocycles. The van der Waals surface area contributed by atoms with E-state index in [9.17, 15) is 10.1 Å². The number of rotatable bonds is 8. The van der Waals surface area contributed by atoms with Crippen LogP contribution in [0.25, 0.3) is 28.2 Å². The summed E-state index contributed by atoms with van der Waals surface area (Å²) in [4.78, 5) is 15.5. The van der Waals surface area contributed by atoms with Crippen molar-refractivity contribution >= 4 is 17.6 Å². The molecule has 0 radical (unpaired) electrons. The number of aryl methyl sites for hydroxylation is 1. The summed E-state index contributed by atoms with van der Waals surface area (Å²) in [5.41, 5.74) is 7.55. The fraction of sp³-hybridized carbons (Fsp3) is 0.0938. The number of hydrogen-bond donors (Lipinski definition) is 0. The van der Waals surface area contributed by atoms with Crippen molar-refractivity contribution in [2.45, 2.75) is 13.8 Å². The van der Waals surface area contributed by atoms with Crippen LogP contribution in [0.3, 0.4) is 0 Å². The van der Waals surface area contributed by atoms with Crippen LogP contribution in [0.5, 0.6) is 5.75 Å². The minimum Gasteiger partial charge on any atom is -0.494 e. The Balaban J connectivity index is 1.71. The highest BCUT2D eigenvalue weighted by molar-refractivity contribution is 5.94. The molecule has 1 heterocycles. The lowest BCUT2D eigenvalue weighted by Crippen LogP contribution is -2.01. The zero-order valence-electron chi connectivity index (χ0n) is 21.2. The van der Waals surface area contributed by atoms with Crippen LogP contribution in [0.1, 0.15) is 18.1 Å². The third-order valence-electron chi connectivity index (χ3n) is 6.29. The third kappa shape index (κ3) is 5.11. The molecule has 0 saturated carbocycles. The van der Waals surface area contributed by atoms with Gasteiger partial charge in [0.15, 0.2) is 0 Å². The number of non-ortho nitro benzene ring substituents is 1. The average Bonchev–Trinajstić information content (AvgIpc) is 3.33. The Hall–Kier alpha value is -4.97. The molecule has 5 aromatic rings. The van der Waals surface area contributed by atoms with Gasteiger partial charge in [0.25, 0.3) is 5.69 Å². The van der Waals surface area contributed by atoms with Crippen LogP contribution in [-0.4, -0.2) is 22.3 Å². The second-order valence-electron chi connectivity index (χ2n) is 8.81. The molecule has 6 heteroatoms. The predicted octanol–water partition coefficient (Wildman–Crippen LogP) is 8.18. The summed E-state index contributed by atoms with van der Waals surface area (Å²) in [6, 6.07) is 35.4. The van der Waals surface area contributed by atoms with Gasteiger partial charge >= 0.3 is 0 Å². The molecule has 0 atom stereocenters. The Morgan fingerprint density at radius 2 is 1.53 bits per heavy atom. The van der Waals surface area contributed by atoms with Crippen LogP contribution in [0, 0.1) is 17.0 Å². The predicted molar refractivity (Wildman–Crippen MR) is 153 cm³/mol. The molecule has 0 aliphatic carbocycles. The quantitative estimate of drug-likeness (QED) is 0.122. The van der Waals surface area contributed by atoms with Gasteiger partial charge in [-0.05, 0) is 66.9 Å². The van der Waals surface area contributed by atoms with Crippen molar-refractivity contribution in [1.82, 2.24) is 4.57 Å². The fourth-order valence-corrected chi connectivity index (χ4v) is 4.50. The van der Waals surface area contributed by atoms with Crippen LogP contribution < -0.4 is 4.74 Å². The smallest absolute Gasteiger partial charge is 0.269 e. The number of hydrogen-bond acceptors (Lipinski definition) is 4. The van der Waals surface area contributed by atoms with E-state index in [1.54, 1.807) is 12.1 Å². The molecule has 0 spiro atoms. The SMILES string of the molecule is CCOc1ccc(-n2c(-c3ccccc3)cc(C=Nc3ccc([N+](=O)[O-])cc3C)c2-c2ccccc2)cc1. The van der Waals surface area contributed by atoms with Crippen molar-refractivity contribution in [3.63, 3.8) is 0 Å². The first-order valence-electron chi connectivity index (χ1n) is 12.4. The molecule has 4 aromatic carbocycles. The summed E-state index contributed by atoms with van der Waals surface area (Å²) >= 11 is 0. The highest BCUT2D eigenvalue weighted by Gasteiger charge is 2.19. The lowest BCUT2D eigenvalue weighted by atomic mass is 10.1. The van der Waals surface area contributed by atoms with Gasteiger partial charge in [-0.1, -0.05) is 60.7 Å². The minimum atomic E-state index is -0.392. The Morgan fingerprint density at radius 1 is 0.868 bits per heavy atom. The molecule has 38 heavy (non-hydrogen) atoms. The van der Waals surface area contributed by atoms with Gasteiger partial charge < -0.3 is 9.30 Å². The van der Waals surface area contributed by atoms with Gasteiger partial charge in [-0.3, -0.25) is 15.1 Å². The van der Waals surface area contributed by atoms with E-state index in [-0.39, 0.29) is 5.69 Å². The first kappa shape index (κ1) is 24.7. The van der Waals surface area contributed by atoms with Crippen LogP contribution in [0.4, 0.5) is 11.4 Å². The number of nitrogens with zero attached hydrogens (tertiary/aromatic N) is 3. The Kier molecular flexibility index (Phi) is 7.13. The fourth-order valence-electron chi connectivity index (χ4n) is 4.50. The molecule has 188 valence electrons. The van der Waals surface area contributed by atoms with Crippen molar-refractivity contribution < 1.29 is 9.66 Å². The van der Waals surface area contributed by atoms with Crippen molar-refractivity contribution in [2.24, 2.45) is 4.99 Å². The standard InChI is InChI=1S/C32H27N3O3/c1-3-38-29-17-14-27(15-18-29)34-31(24-10-6-4-7-11-24)21-26(32(34)25-12-8-5-9-13-25)22-33-30-19-16-28(35(36)37)20-23(30)2/h4-22H,3H2,1-2H3. The van der Waals surface area contributed by atoms with Gasteiger partial charge in [0.05, 0.1) is 28.6 Å². The van der Waals surface area contributed by atoms with Crippen LogP contribution in [-0.2, 0) is 0 Å². The second kappa shape index (κ2) is 11.0. The summed E-state index contributed by atoms with van der Waals surface area (Å²) < 4.78 is 7.92. The molecule has 0 N–H and O–H groups in total. The first-order chi connectivity index (χ1) is 18.5. The molecule has 0 aliphatic heterocycles. The van der Waals surface area contributed by atoms with E-state index in [2.05, 4.69) is 47.0 Å². The number of aliphatic imine (C=N–C) groups is 1. The molecular formula is C32H27N3O3. The van der Waals surface area contributed by atoms with Crippen molar-refractivity contribution in [2.75, 3.05) is 6.61 Å². The van der Waals surface area contributed by atoms with Crippen LogP contribution in [0.2, 0.25) is 0 Å². The Labute approximate surface area is 221 Å². The second-order valence-corrected chi connectivity index (χ2v) is 8.81. The molecule has 0 bridgehead atoms. The van der Waals surface area contributed by atoms with E-state index in [0.717, 1.165) is 45.1 Å². The molecular weight excluding hydrogens is 474 g/mol. The summed E-state index contributed by atoms with van der Waals surface area (Å²) in [5, 5.41) is 11.2. The Bertz CT molecular complexity index is 1590. The summed E-state index contributed by atoms with van der Waals surface area (Å²) in [7, 11) is 0. The van der Waals surface area contributed by atoms with Gasteiger partial charge in [0.2, 0.25) is 0 Å². The maximum absolute atomic E-state index is 11.2. The van der Waals surface area contributed by atoms with E-state index < -0.39 is 4.92 Å². The van der Waals surface area contributed by atoms with Gasteiger partial charge in [-0.15, -0.1) is 0 Å². The summed E-state index contributed by atoms with van der Waals surface area (Å²) in [6.45, 7) is 4.41. The van der Waals surface area contributed by atoms with Crippen molar-refractivity contribution in [1.29, 1.82) is 0 Å². The minimum absolute atomic E-state index is 0.0550. The lowest BCUT2D eigenvalue weighted by molar-refractivity contribution is -0.384. The number of nitro benzene ring substituents is 1. The number of benzene rings is 4. The summed E-state index contributed by atoms with van der Waals surface area (Å²) in [5.74, 6) is 0.821. The molecule has 5 rings (SSSR count). The van der Waals surface area contributed by atoms with E-state index in [4.69, 9.17) is 9.73 Å². The average molecular weight is 502 g/mol. The van der Waals surface area contributed by atoms with Gasteiger partial charge in [0, 0.05) is 29.6 Å². The molecule has 0 unspecified atom stereocenters. The Morgan fingerprint density at radius 3 is 2.13 bits per heavy atom. The van der Waals surface area contributed by atoms with Gasteiger partial charge in [0.1, 0.15) is 5.75 Å². The third-order valence-corrected chi connectivity index (χ3v) is 6.29. The van der Waals surface area contributed by atoms with Crippen molar-refractivity contribution in [3.8, 4) is 34.0 Å². The molecule has 0 fully saturated rings. The maximum atomic E-state index is 11.2. The molecule has 6 nitrogen and oxygen atoms in total. The highest BCUT2D eigenvalue weighted by atomic mass is 16.6. The normalized spacial score (nSPS) is 11.1. The van der Waals surface area contributed by atoms with E-state index >= 15 is 0 Å². The number of ether oxygens (including phenoxy) is 1. The van der Waals surface area contributed by atoms with Crippen molar-refractivity contribution in [3.05, 3.63) is 130 Å². The lowest BCUT2D eigenvalue weighted by Gasteiger charge is -2.15. The van der Waals surface area contributed by atoms with Gasteiger partial charge in [-0.2, -0.15) is 0 Å². The van der Waals surface area contributed by atoms with Crippen LogP contribution >= 0.6 is 0 Å². The zero-order valence-corrected chi connectivity index (χ0v) is 21.2. The highest BCUT2D eigenvalue weighted by Crippen LogP contribution is 2.36. The largest absolute Gasteiger partial charge is 0.494 e. The summed E-state index contributed by atoms with van der Waals surface area (Å²) in [6.07, 6.45) is 1.84. The van der Waals surface area contributed by atoms with Crippen LogP contribution in [0.15, 0.2) is 114 Å². The molecule has 0 saturated heterocycles. The number of aromatic nitrogens is 1. The maximum Gasteiger partial charge on any atom is 0.269 e. The molecule has 0 amide bonds. The van der Waals surface area contributed by atoms with E-state index in [0.29, 0.717) is 12.3 Å². The van der Waals surface area contributed by atoms with Gasteiger partial charge in [-0.25, -0.2) is 0 Å². The monoisotopic (exact) mass is 501 g/mol.